The van der Waals surface area contributed by atoms with Crippen molar-refractivity contribution in [2.75, 3.05) is 6.61 Å². The summed E-state index contributed by atoms with van der Waals surface area (Å²) in [6.45, 7) is 6.41. The van der Waals surface area contributed by atoms with Crippen molar-refractivity contribution in [3.63, 3.8) is 0 Å². The lowest BCUT2D eigenvalue weighted by Crippen LogP contribution is -2.31. The quantitative estimate of drug-likeness (QED) is 0.643. The zero-order valence-corrected chi connectivity index (χ0v) is 8.91. The van der Waals surface area contributed by atoms with Crippen molar-refractivity contribution in [3.05, 3.63) is 12.7 Å². The Morgan fingerprint density at radius 1 is 1.57 bits per heavy atom. The summed E-state index contributed by atoms with van der Waals surface area (Å²) in [6, 6.07) is 2.35. The van der Waals surface area contributed by atoms with Gasteiger partial charge in [0.15, 0.2) is 0 Å². The Kier molecular flexibility index (Phi) is 4.69. The molecule has 0 bridgehead atoms. The first-order valence-electron chi connectivity index (χ1n) is 5.43. The van der Waals surface area contributed by atoms with Crippen LogP contribution in [0.5, 0.6) is 0 Å². The highest BCUT2D eigenvalue weighted by Gasteiger charge is 2.30. The first-order chi connectivity index (χ1) is 6.81. The summed E-state index contributed by atoms with van der Waals surface area (Å²) in [6.07, 6.45) is 6.31. The Balaban J connectivity index is 2.47. The fourth-order valence-electron chi connectivity index (χ4n) is 2.11. The standard InChI is InChI=1S/C12H19NO/c1-3-7-14-12-8-10(4-2)5-6-11(12)9-13/h3,10-12H,1,4-8H2,2H3. The van der Waals surface area contributed by atoms with Crippen molar-refractivity contribution in [2.24, 2.45) is 11.8 Å². The highest BCUT2D eigenvalue weighted by molar-refractivity contribution is 4.94. The van der Waals surface area contributed by atoms with Gasteiger partial charge in [0, 0.05) is 0 Å². The molecule has 0 aliphatic heterocycles. The fraction of sp³-hybridized carbons (Fsp3) is 0.750. The van der Waals surface area contributed by atoms with Crippen LogP contribution < -0.4 is 0 Å². The van der Waals surface area contributed by atoms with E-state index in [1.165, 1.54) is 12.8 Å². The summed E-state index contributed by atoms with van der Waals surface area (Å²) < 4.78 is 5.63. The number of nitriles is 1. The molecule has 0 spiro atoms. The number of rotatable bonds is 4. The molecule has 1 saturated carbocycles. The first-order valence-corrected chi connectivity index (χ1v) is 5.43. The van der Waals surface area contributed by atoms with Crippen LogP contribution in [0.15, 0.2) is 12.7 Å². The van der Waals surface area contributed by atoms with Crippen LogP contribution in [0.3, 0.4) is 0 Å². The third-order valence-electron chi connectivity index (χ3n) is 3.07. The second-order valence-corrected chi connectivity index (χ2v) is 3.98. The van der Waals surface area contributed by atoms with Crippen LogP contribution in [-0.4, -0.2) is 12.7 Å². The molecule has 0 radical (unpaired) electrons. The largest absolute Gasteiger partial charge is 0.373 e. The number of nitrogens with zero attached hydrogens (tertiary/aromatic N) is 1. The van der Waals surface area contributed by atoms with Crippen molar-refractivity contribution >= 4 is 0 Å². The Morgan fingerprint density at radius 2 is 2.36 bits per heavy atom. The van der Waals surface area contributed by atoms with Gasteiger partial charge in [-0.25, -0.2) is 0 Å². The molecule has 3 atom stereocenters. The van der Waals surface area contributed by atoms with Crippen molar-refractivity contribution in [3.8, 4) is 6.07 Å². The minimum absolute atomic E-state index is 0.0951. The zero-order valence-electron chi connectivity index (χ0n) is 8.91. The topological polar surface area (TPSA) is 33.0 Å². The summed E-state index contributed by atoms with van der Waals surface area (Å²) in [4.78, 5) is 0. The molecule has 0 aromatic heterocycles. The maximum Gasteiger partial charge on any atom is 0.0740 e. The van der Waals surface area contributed by atoms with Gasteiger partial charge in [-0.2, -0.15) is 5.26 Å². The van der Waals surface area contributed by atoms with Gasteiger partial charge in [0.25, 0.3) is 0 Å². The molecule has 2 nitrogen and oxygen atoms in total. The molecule has 2 heteroatoms. The average Bonchev–Trinajstić information content (AvgIpc) is 2.25. The SMILES string of the molecule is C=CCOC1CC(CC)CCC1C#N. The molecule has 0 N–H and O–H groups in total. The summed E-state index contributed by atoms with van der Waals surface area (Å²) in [5, 5.41) is 8.96. The molecule has 0 aromatic rings. The van der Waals surface area contributed by atoms with Crippen LogP contribution in [0.2, 0.25) is 0 Å². The summed E-state index contributed by atoms with van der Waals surface area (Å²) in [7, 11) is 0. The summed E-state index contributed by atoms with van der Waals surface area (Å²) in [5.41, 5.74) is 0. The Hall–Kier alpha value is -0.810. The highest BCUT2D eigenvalue weighted by atomic mass is 16.5. The first kappa shape index (κ1) is 11.3. The van der Waals surface area contributed by atoms with Gasteiger partial charge in [0.05, 0.1) is 24.7 Å². The van der Waals surface area contributed by atoms with E-state index in [1.807, 2.05) is 0 Å². The molecule has 1 fully saturated rings. The maximum absolute atomic E-state index is 8.96. The monoisotopic (exact) mass is 193 g/mol. The van der Waals surface area contributed by atoms with Crippen molar-refractivity contribution < 1.29 is 4.74 Å². The van der Waals surface area contributed by atoms with E-state index in [-0.39, 0.29) is 12.0 Å². The van der Waals surface area contributed by atoms with Crippen LogP contribution in [0, 0.1) is 23.2 Å². The molecule has 1 aliphatic rings. The molecule has 0 heterocycles. The Morgan fingerprint density at radius 3 is 2.93 bits per heavy atom. The lowest BCUT2D eigenvalue weighted by atomic mass is 9.79. The van der Waals surface area contributed by atoms with E-state index in [0.717, 1.165) is 18.8 Å². The van der Waals surface area contributed by atoms with Crippen molar-refractivity contribution in [2.45, 2.75) is 38.7 Å². The fourth-order valence-corrected chi connectivity index (χ4v) is 2.11. The second-order valence-electron chi connectivity index (χ2n) is 3.98. The number of hydrogen-bond acceptors (Lipinski definition) is 2. The van der Waals surface area contributed by atoms with Gasteiger partial charge in [-0.05, 0) is 25.2 Å². The minimum Gasteiger partial charge on any atom is -0.373 e. The van der Waals surface area contributed by atoms with Crippen LogP contribution in [0.1, 0.15) is 32.6 Å². The van der Waals surface area contributed by atoms with E-state index in [9.17, 15) is 0 Å². The van der Waals surface area contributed by atoms with Gasteiger partial charge >= 0.3 is 0 Å². The predicted octanol–water partition coefficient (Wildman–Crippen LogP) is 2.91. The van der Waals surface area contributed by atoms with E-state index in [4.69, 9.17) is 10.00 Å². The summed E-state index contributed by atoms with van der Waals surface area (Å²) >= 11 is 0. The lowest BCUT2D eigenvalue weighted by molar-refractivity contribution is 0.00436. The Labute approximate surface area is 86.6 Å². The molecule has 1 rings (SSSR count). The zero-order chi connectivity index (χ0) is 10.4. The van der Waals surface area contributed by atoms with E-state index in [2.05, 4.69) is 19.6 Å². The third kappa shape index (κ3) is 2.85. The molecule has 1 aliphatic carbocycles. The molecule has 14 heavy (non-hydrogen) atoms. The van der Waals surface area contributed by atoms with Crippen LogP contribution >= 0.6 is 0 Å². The normalized spacial score (nSPS) is 32.1. The van der Waals surface area contributed by atoms with Gasteiger partial charge in [0.2, 0.25) is 0 Å². The van der Waals surface area contributed by atoms with Gasteiger partial charge < -0.3 is 4.74 Å². The second kappa shape index (κ2) is 5.82. The third-order valence-corrected chi connectivity index (χ3v) is 3.07. The predicted molar refractivity (Wildman–Crippen MR) is 56.7 cm³/mol. The van der Waals surface area contributed by atoms with Gasteiger partial charge in [-0.15, -0.1) is 6.58 Å². The minimum atomic E-state index is 0.0951. The number of ether oxygens (including phenoxy) is 1. The average molecular weight is 193 g/mol. The van der Waals surface area contributed by atoms with Crippen LogP contribution in [-0.2, 0) is 4.74 Å². The van der Waals surface area contributed by atoms with E-state index in [0.29, 0.717) is 6.61 Å². The molecule has 3 unspecified atom stereocenters. The van der Waals surface area contributed by atoms with E-state index < -0.39 is 0 Å². The molecule has 0 aromatic carbocycles. The van der Waals surface area contributed by atoms with E-state index >= 15 is 0 Å². The molecule has 0 amide bonds. The number of hydrogen-bond donors (Lipinski definition) is 0. The van der Waals surface area contributed by atoms with Crippen molar-refractivity contribution in [1.82, 2.24) is 0 Å². The Bertz CT molecular complexity index is 219. The van der Waals surface area contributed by atoms with Gasteiger partial charge in [0.1, 0.15) is 0 Å². The lowest BCUT2D eigenvalue weighted by Gasteiger charge is -2.31. The van der Waals surface area contributed by atoms with Crippen LogP contribution in [0.25, 0.3) is 0 Å². The molecular weight excluding hydrogens is 174 g/mol. The smallest absolute Gasteiger partial charge is 0.0740 e. The van der Waals surface area contributed by atoms with Gasteiger partial charge in [-0.3, -0.25) is 0 Å². The molecule has 78 valence electrons. The van der Waals surface area contributed by atoms with Crippen molar-refractivity contribution in [1.29, 1.82) is 5.26 Å². The molecular formula is C12H19NO. The van der Waals surface area contributed by atoms with Crippen LogP contribution in [0.4, 0.5) is 0 Å². The molecule has 0 saturated heterocycles. The maximum atomic E-state index is 8.96. The highest BCUT2D eigenvalue weighted by Crippen LogP contribution is 2.32. The van der Waals surface area contributed by atoms with E-state index in [1.54, 1.807) is 6.08 Å². The summed E-state index contributed by atoms with van der Waals surface area (Å²) in [5.74, 6) is 0.840. The van der Waals surface area contributed by atoms with Gasteiger partial charge in [-0.1, -0.05) is 19.4 Å².